The molecule has 0 aliphatic rings. The van der Waals surface area contributed by atoms with Gasteiger partial charge in [0, 0.05) is 12.5 Å². The van der Waals surface area contributed by atoms with Gasteiger partial charge < -0.3 is 9.47 Å². The molecule has 0 radical (unpaired) electrons. The van der Waals surface area contributed by atoms with E-state index in [2.05, 4.69) is 0 Å². The summed E-state index contributed by atoms with van der Waals surface area (Å²) in [5.74, 6) is 0.499. The van der Waals surface area contributed by atoms with Crippen molar-refractivity contribution in [2.24, 2.45) is 0 Å². The van der Waals surface area contributed by atoms with Gasteiger partial charge >= 0.3 is 5.97 Å². The van der Waals surface area contributed by atoms with Gasteiger partial charge in [0.05, 0.1) is 18.2 Å². The highest BCUT2D eigenvalue weighted by Gasteiger charge is 2.10. The minimum absolute atomic E-state index is 0.293. The van der Waals surface area contributed by atoms with Crippen LogP contribution in [0.3, 0.4) is 0 Å². The molecule has 0 N–H and O–H groups in total. The molecule has 0 fully saturated rings. The normalized spacial score (nSPS) is 9.47. The number of hydrogen-bond acceptors (Lipinski definition) is 4. The van der Waals surface area contributed by atoms with Crippen LogP contribution in [0.25, 0.3) is 0 Å². The maximum absolute atomic E-state index is 11.4. The summed E-state index contributed by atoms with van der Waals surface area (Å²) < 4.78 is 10.5. The molecule has 0 spiro atoms. The lowest BCUT2D eigenvalue weighted by atomic mass is 10.2. The van der Waals surface area contributed by atoms with Crippen LogP contribution < -0.4 is 9.47 Å². The van der Waals surface area contributed by atoms with Crippen molar-refractivity contribution in [3.63, 3.8) is 0 Å². The predicted octanol–water partition coefficient (Wildman–Crippen LogP) is 2.66. The van der Waals surface area contributed by atoms with Crippen LogP contribution in [0, 0.1) is 11.3 Å². The van der Waals surface area contributed by atoms with Gasteiger partial charge in [-0.15, -0.1) is 0 Å². The van der Waals surface area contributed by atoms with E-state index in [1.807, 2.05) is 19.9 Å². The number of carbonyl (C=O) groups excluding carboxylic acids is 1. The Balaban J connectivity index is 2.90. The van der Waals surface area contributed by atoms with E-state index in [-0.39, 0.29) is 5.97 Å². The number of esters is 1. The Hall–Kier alpha value is -2.02. The first-order valence-electron chi connectivity index (χ1n) is 5.58. The van der Waals surface area contributed by atoms with Crippen LogP contribution in [0.1, 0.15) is 32.3 Å². The zero-order chi connectivity index (χ0) is 12.7. The Morgan fingerprint density at radius 1 is 1.35 bits per heavy atom. The van der Waals surface area contributed by atoms with Gasteiger partial charge in [0.1, 0.15) is 0 Å². The lowest BCUT2D eigenvalue weighted by molar-refractivity contribution is -0.134. The van der Waals surface area contributed by atoms with Crippen molar-refractivity contribution in [1.29, 1.82) is 5.26 Å². The van der Waals surface area contributed by atoms with Crippen LogP contribution in [-0.4, -0.2) is 12.6 Å². The molecule has 4 heteroatoms. The number of nitriles is 1. The maximum atomic E-state index is 11.4. The van der Waals surface area contributed by atoms with Crippen LogP contribution in [0.4, 0.5) is 0 Å². The Morgan fingerprint density at radius 3 is 2.71 bits per heavy atom. The zero-order valence-corrected chi connectivity index (χ0v) is 10.0. The van der Waals surface area contributed by atoms with Gasteiger partial charge in [-0.1, -0.05) is 6.92 Å². The standard InChI is InChI=1S/C13H15NO3/c1-3-5-13(15)17-11-7-6-10(9-14)8-12(11)16-4-2/h6-8H,3-5H2,1-2H3. The zero-order valence-electron chi connectivity index (χ0n) is 10.0. The fraction of sp³-hybridized carbons (Fsp3) is 0.385. The largest absolute Gasteiger partial charge is 0.490 e. The summed E-state index contributed by atoms with van der Waals surface area (Å²) >= 11 is 0. The summed E-state index contributed by atoms with van der Waals surface area (Å²) in [6.07, 6.45) is 1.10. The van der Waals surface area contributed by atoms with E-state index in [4.69, 9.17) is 14.7 Å². The molecule has 0 amide bonds. The summed E-state index contributed by atoms with van der Waals surface area (Å²) in [6, 6.07) is 6.75. The van der Waals surface area contributed by atoms with Crippen molar-refractivity contribution < 1.29 is 14.3 Å². The van der Waals surface area contributed by atoms with Gasteiger partial charge in [-0.05, 0) is 25.5 Å². The molecule has 1 aromatic carbocycles. The fourth-order valence-corrected chi connectivity index (χ4v) is 1.31. The lowest BCUT2D eigenvalue weighted by Gasteiger charge is -2.10. The van der Waals surface area contributed by atoms with Gasteiger partial charge in [-0.3, -0.25) is 4.79 Å². The fourth-order valence-electron chi connectivity index (χ4n) is 1.31. The lowest BCUT2D eigenvalue weighted by Crippen LogP contribution is -2.08. The van der Waals surface area contributed by atoms with E-state index in [1.54, 1.807) is 18.2 Å². The van der Waals surface area contributed by atoms with E-state index in [9.17, 15) is 4.79 Å². The molecule has 0 bridgehead atoms. The maximum Gasteiger partial charge on any atom is 0.311 e. The van der Waals surface area contributed by atoms with Gasteiger partial charge in [0.15, 0.2) is 11.5 Å². The Labute approximate surface area is 101 Å². The van der Waals surface area contributed by atoms with Gasteiger partial charge in [-0.25, -0.2) is 0 Å². The van der Waals surface area contributed by atoms with E-state index < -0.39 is 0 Å². The average Bonchev–Trinajstić information content (AvgIpc) is 2.32. The second-order valence-corrected chi connectivity index (χ2v) is 3.43. The van der Waals surface area contributed by atoms with Crippen molar-refractivity contribution in [2.45, 2.75) is 26.7 Å². The topological polar surface area (TPSA) is 59.3 Å². The Bertz CT molecular complexity index is 435. The quantitative estimate of drug-likeness (QED) is 0.579. The molecule has 0 saturated carbocycles. The molecule has 0 aliphatic carbocycles. The minimum Gasteiger partial charge on any atom is -0.490 e. The van der Waals surface area contributed by atoms with E-state index in [0.717, 1.165) is 6.42 Å². The highest BCUT2D eigenvalue weighted by molar-refractivity contribution is 5.73. The van der Waals surface area contributed by atoms with Crippen LogP contribution in [0.15, 0.2) is 18.2 Å². The molecule has 0 unspecified atom stereocenters. The molecule has 0 heterocycles. The summed E-state index contributed by atoms with van der Waals surface area (Å²) in [6.45, 7) is 4.19. The van der Waals surface area contributed by atoms with Crippen molar-refractivity contribution in [1.82, 2.24) is 0 Å². The van der Waals surface area contributed by atoms with Crippen molar-refractivity contribution in [2.75, 3.05) is 6.61 Å². The second-order valence-electron chi connectivity index (χ2n) is 3.43. The number of ether oxygens (including phenoxy) is 2. The second kappa shape index (κ2) is 6.54. The van der Waals surface area contributed by atoms with E-state index in [1.165, 1.54) is 0 Å². The molecule has 1 rings (SSSR count). The number of benzene rings is 1. The first-order valence-corrected chi connectivity index (χ1v) is 5.58. The third kappa shape index (κ3) is 3.80. The minimum atomic E-state index is -0.293. The Morgan fingerprint density at radius 2 is 2.12 bits per heavy atom. The molecule has 4 nitrogen and oxygen atoms in total. The Kier molecular flexibility index (Phi) is 5.02. The van der Waals surface area contributed by atoms with Crippen molar-refractivity contribution in [3.05, 3.63) is 23.8 Å². The molecule has 0 atom stereocenters. The number of nitrogens with zero attached hydrogens (tertiary/aromatic N) is 1. The predicted molar refractivity (Wildman–Crippen MR) is 62.9 cm³/mol. The number of rotatable bonds is 5. The molecular formula is C13H15NO3. The van der Waals surface area contributed by atoms with Gasteiger partial charge in [-0.2, -0.15) is 5.26 Å². The summed E-state index contributed by atoms with van der Waals surface area (Å²) in [4.78, 5) is 11.4. The highest BCUT2D eigenvalue weighted by atomic mass is 16.6. The SMILES string of the molecule is CCCC(=O)Oc1ccc(C#N)cc1OCC. The first-order chi connectivity index (χ1) is 8.21. The van der Waals surface area contributed by atoms with Crippen molar-refractivity contribution >= 4 is 5.97 Å². The smallest absolute Gasteiger partial charge is 0.311 e. The van der Waals surface area contributed by atoms with Crippen LogP contribution >= 0.6 is 0 Å². The molecule has 1 aromatic rings. The van der Waals surface area contributed by atoms with Crippen molar-refractivity contribution in [3.8, 4) is 17.6 Å². The first kappa shape index (κ1) is 13.0. The van der Waals surface area contributed by atoms with Gasteiger partial charge in [0.25, 0.3) is 0 Å². The highest BCUT2D eigenvalue weighted by Crippen LogP contribution is 2.28. The molecule has 0 saturated heterocycles. The van der Waals surface area contributed by atoms with E-state index >= 15 is 0 Å². The third-order valence-electron chi connectivity index (χ3n) is 2.05. The summed E-state index contributed by atoms with van der Waals surface area (Å²) in [5.41, 5.74) is 0.476. The summed E-state index contributed by atoms with van der Waals surface area (Å²) in [5, 5.41) is 8.77. The monoisotopic (exact) mass is 233 g/mol. The molecule has 90 valence electrons. The molecular weight excluding hydrogens is 218 g/mol. The summed E-state index contributed by atoms with van der Waals surface area (Å²) in [7, 11) is 0. The number of carbonyl (C=O) groups is 1. The van der Waals surface area contributed by atoms with Crippen LogP contribution in [0.2, 0.25) is 0 Å². The van der Waals surface area contributed by atoms with E-state index in [0.29, 0.717) is 30.1 Å². The van der Waals surface area contributed by atoms with Crippen LogP contribution in [0.5, 0.6) is 11.5 Å². The number of hydrogen-bond donors (Lipinski definition) is 0. The van der Waals surface area contributed by atoms with Gasteiger partial charge in [0.2, 0.25) is 0 Å². The van der Waals surface area contributed by atoms with Crippen LogP contribution in [-0.2, 0) is 4.79 Å². The average molecular weight is 233 g/mol. The molecule has 0 aliphatic heterocycles. The molecule has 17 heavy (non-hydrogen) atoms. The molecule has 0 aromatic heterocycles. The third-order valence-corrected chi connectivity index (χ3v) is 2.05.